The van der Waals surface area contributed by atoms with Gasteiger partial charge in [-0.1, -0.05) is 24.3 Å². The molecule has 2 nitrogen and oxygen atoms in total. The number of alkyl halides is 2. The molecule has 0 radical (unpaired) electrons. The third-order valence-electron chi connectivity index (χ3n) is 2.83. The van der Waals surface area contributed by atoms with Gasteiger partial charge in [0.1, 0.15) is 5.75 Å². The molecule has 2 rings (SSSR count). The van der Waals surface area contributed by atoms with Crippen LogP contribution in [0, 0.1) is 3.57 Å². The molecule has 1 unspecified atom stereocenters. The summed E-state index contributed by atoms with van der Waals surface area (Å²) in [5.74, 6) is 0.175. The number of rotatable bonds is 5. The van der Waals surface area contributed by atoms with Gasteiger partial charge < -0.3 is 10.1 Å². The van der Waals surface area contributed by atoms with Crippen molar-refractivity contribution in [2.45, 2.75) is 19.6 Å². The van der Waals surface area contributed by atoms with E-state index >= 15 is 0 Å². The Kier molecular flexibility index (Phi) is 5.17. The average molecular weight is 389 g/mol. The average Bonchev–Trinajstić information content (AvgIpc) is 2.41. The number of para-hydroxylation sites is 1. The van der Waals surface area contributed by atoms with Crippen molar-refractivity contribution in [2.24, 2.45) is 0 Å². The van der Waals surface area contributed by atoms with E-state index < -0.39 is 6.61 Å². The summed E-state index contributed by atoms with van der Waals surface area (Å²) in [6, 6.07) is 14.6. The summed E-state index contributed by atoms with van der Waals surface area (Å²) in [6.45, 7) is -0.825. The van der Waals surface area contributed by atoms with Gasteiger partial charge in [-0.3, -0.25) is 0 Å². The van der Waals surface area contributed by atoms with Crippen LogP contribution in [0.15, 0.2) is 48.5 Å². The smallest absolute Gasteiger partial charge is 0.387 e. The van der Waals surface area contributed by atoms with Gasteiger partial charge in [-0.05, 0) is 59.3 Å². The molecule has 0 spiro atoms. The second-order valence-corrected chi connectivity index (χ2v) is 5.46. The molecule has 0 bridgehead atoms. The molecule has 5 heteroatoms. The Bertz CT molecular complexity index is 577. The molecule has 20 heavy (non-hydrogen) atoms. The first-order chi connectivity index (χ1) is 9.56. The maximum absolute atomic E-state index is 12.2. The highest BCUT2D eigenvalue weighted by molar-refractivity contribution is 14.1. The largest absolute Gasteiger partial charge is 0.435 e. The summed E-state index contributed by atoms with van der Waals surface area (Å²) in [5, 5.41) is 3.36. The first-order valence-corrected chi connectivity index (χ1v) is 7.20. The fraction of sp³-hybridized carbons (Fsp3) is 0.200. The van der Waals surface area contributed by atoms with E-state index in [9.17, 15) is 8.78 Å². The van der Waals surface area contributed by atoms with Crippen LogP contribution >= 0.6 is 22.6 Å². The van der Waals surface area contributed by atoms with E-state index in [1.807, 2.05) is 37.3 Å². The van der Waals surface area contributed by atoms with Gasteiger partial charge in [-0.25, -0.2) is 0 Å². The molecule has 0 fully saturated rings. The summed E-state index contributed by atoms with van der Waals surface area (Å²) in [6.07, 6.45) is 0. The molecular formula is C15H14F2INO. The van der Waals surface area contributed by atoms with Gasteiger partial charge in [0.25, 0.3) is 0 Å². The fourth-order valence-electron chi connectivity index (χ4n) is 1.85. The van der Waals surface area contributed by atoms with Gasteiger partial charge in [0, 0.05) is 15.3 Å². The Hall–Kier alpha value is -1.37. The summed E-state index contributed by atoms with van der Waals surface area (Å²) in [7, 11) is 0. The van der Waals surface area contributed by atoms with Gasteiger partial charge in [0.2, 0.25) is 0 Å². The van der Waals surface area contributed by atoms with Gasteiger partial charge >= 0.3 is 6.61 Å². The number of benzene rings is 2. The molecule has 106 valence electrons. The lowest BCUT2D eigenvalue weighted by atomic mass is 10.1. The van der Waals surface area contributed by atoms with Crippen molar-refractivity contribution in [2.75, 3.05) is 5.32 Å². The third-order valence-corrected chi connectivity index (χ3v) is 3.77. The van der Waals surface area contributed by atoms with Gasteiger partial charge in [-0.2, -0.15) is 8.78 Å². The molecule has 0 aromatic heterocycles. The Morgan fingerprint density at radius 3 is 2.55 bits per heavy atom. The highest BCUT2D eigenvalue weighted by Crippen LogP contribution is 2.26. The zero-order valence-corrected chi connectivity index (χ0v) is 13.0. The summed E-state index contributed by atoms with van der Waals surface area (Å²) in [4.78, 5) is 0. The highest BCUT2D eigenvalue weighted by atomic mass is 127. The molecule has 0 aliphatic rings. The van der Waals surface area contributed by atoms with Crippen molar-refractivity contribution in [3.63, 3.8) is 0 Å². The molecule has 0 amide bonds. The van der Waals surface area contributed by atoms with E-state index in [1.165, 1.54) is 6.07 Å². The van der Waals surface area contributed by atoms with Crippen LogP contribution < -0.4 is 10.1 Å². The molecule has 0 aliphatic heterocycles. The van der Waals surface area contributed by atoms with Crippen LogP contribution in [-0.4, -0.2) is 6.61 Å². The van der Waals surface area contributed by atoms with Crippen LogP contribution in [0.5, 0.6) is 5.75 Å². The van der Waals surface area contributed by atoms with Crippen LogP contribution in [-0.2, 0) is 0 Å². The number of nitrogens with one attached hydrogen (secondary N) is 1. The molecule has 0 saturated heterocycles. The van der Waals surface area contributed by atoms with Gasteiger partial charge in [-0.15, -0.1) is 0 Å². The predicted molar refractivity (Wildman–Crippen MR) is 84.3 cm³/mol. The van der Waals surface area contributed by atoms with E-state index in [2.05, 4.69) is 32.6 Å². The first kappa shape index (κ1) is 15.0. The van der Waals surface area contributed by atoms with E-state index in [0.29, 0.717) is 0 Å². The van der Waals surface area contributed by atoms with E-state index in [0.717, 1.165) is 14.8 Å². The van der Waals surface area contributed by atoms with E-state index in [-0.39, 0.29) is 11.8 Å². The fourth-order valence-corrected chi connectivity index (χ4v) is 2.40. The van der Waals surface area contributed by atoms with Crippen molar-refractivity contribution in [1.29, 1.82) is 0 Å². The maximum Gasteiger partial charge on any atom is 0.387 e. The Morgan fingerprint density at radius 1 is 1.10 bits per heavy atom. The van der Waals surface area contributed by atoms with Crippen LogP contribution in [0.25, 0.3) is 0 Å². The van der Waals surface area contributed by atoms with Crippen LogP contribution in [0.1, 0.15) is 18.5 Å². The predicted octanol–water partition coefficient (Wildman–Crippen LogP) is 5.07. The molecule has 0 saturated carbocycles. The topological polar surface area (TPSA) is 21.3 Å². The lowest BCUT2D eigenvalue weighted by Gasteiger charge is -2.17. The van der Waals surface area contributed by atoms with Gasteiger partial charge in [0.15, 0.2) is 0 Å². The van der Waals surface area contributed by atoms with Crippen molar-refractivity contribution < 1.29 is 13.5 Å². The van der Waals surface area contributed by atoms with Crippen LogP contribution in [0.3, 0.4) is 0 Å². The van der Waals surface area contributed by atoms with E-state index in [1.54, 1.807) is 12.1 Å². The minimum atomic E-state index is -2.80. The molecule has 1 N–H and O–H groups in total. The van der Waals surface area contributed by atoms with Crippen molar-refractivity contribution in [3.8, 4) is 5.75 Å². The molecule has 2 aromatic rings. The monoisotopic (exact) mass is 389 g/mol. The number of hydrogen-bond donors (Lipinski definition) is 1. The Balaban J connectivity index is 2.13. The second-order valence-electron chi connectivity index (χ2n) is 4.30. The van der Waals surface area contributed by atoms with E-state index in [4.69, 9.17) is 0 Å². The lowest BCUT2D eigenvalue weighted by Crippen LogP contribution is -2.08. The quantitative estimate of drug-likeness (QED) is 0.722. The normalized spacial score (nSPS) is 12.2. The lowest BCUT2D eigenvalue weighted by molar-refractivity contribution is -0.0498. The zero-order chi connectivity index (χ0) is 14.5. The minimum Gasteiger partial charge on any atom is -0.435 e. The summed E-state index contributed by atoms with van der Waals surface area (Å²) in [5.41, 5.74) is 1.91. The molecule has 1 atom stereocenters. The van der Waals surface area contributed by atoms with Gasteiger partial charge in [0.05, 0.1) is 0 Å². The highest BCUT2D eigenvalue weighted by Gasteiger charge is 2.10. The van der Waals surface area contributed by atoms with Crippen LogP contribution in [0.4, 0.5) is 14.5 Å². The molecule has 2 aromatic carbocycles. The molecule has 0 heterocycles. The molecular weight excluding hydrogens is 375 g/mol. The number of anilines is 1. The van der Waals surface area contributed by atoms with Crippen LogP contribution in [0.2, 0.25) is 0 Å². The standard InChI is InChI=1S/C15H14F2INO/c1-10(19-14-8-3-2-7-13(14)18)11-5-4-6-12(9-11)20-15(16)17/h2-10,15,19H,1H3. The SMILES string of the molecule is CC(Nc1ccccc1I)c1cccc(OC(F)F)c1. The summed E-state index contributed by atoms with van der Waals surface area (Å²) < 4.78 is 30.0. The second kappa shape index (κ2) is 6.88. The number of ether oxygens (including phenoxy) is 1. The Labute approximate surface area is 130 Å². The molecule has 0 aliphatic carbocycles. The first-order valence-electron chi connectivity index (χ1n) is 6.12. The number of halogens is 3. The third kappa shape index (κ3) is 4.06. The van der Waals surface area contributed by atoms with Crippen molar-refractivity contribution in [1.82, 2.24) is 0 Å². The van der Waals surface area contributed by atoms with Crippen molar-refractivity contribution >= 4 is 28.3 Å². The summed E-state index contributed by atoms with van der Waals surface area (Å²) >= 11 is 2.25. The van der Waals surface area contributed by atoms with Crippen molar-refractivity contribution in [3.05, 3.63) is 57.7 Å². The minimum absolute atomic E-state index is 0.00728. The zero-order valence-electron chi connectivity index (χ0n) is 10.8. The maximum atomic E-state index is 12.2. The Morgan fingerprint density at radius 2 is 1.85 bits per heavy atom. The number of hydrogen-bond acceptors (Lipinski definition) is 2.